The fraction of sp³-hybridized carbons (Fsp3) is 0.238. The summed E-state index contributed by atoms with van der Waals surface area (Å²) < 4.78 is 0. The topological polar surface area (TPSA) is 0 Å². The van der Waals surface area contributed by atoms with Gasteiger partial charge in [-0.1, -0.05) is 120 Å². The molecule has 228 valence electrons. The van der Waals surface area contributed by atoms with Crippen LogP contribution in [0.25, 0.3) is 43.8 Å². The van der Waals surface area contributed by atoms with Crippen LogP contribution in [-0.4, -0.2) is 6.88 Å². The van der Waals surface area contributed by atoms with E-state index in [1.54, 1.807) is 0 Å². The summed E-state index contributed by atoms with van der Waals surface area (Å²) in [5.41, 5.74) is 12.4. The summed E-state index contributed by atoms with van der Waals surface area (Å²) in [6, 6.07) is 38.0. The summed E-state index contributed by atoms with van der Waals surface area (Å²) in [4.78, 5) is 0. The van der Waals surface area contributed by atoms with E-state index in [1.165, 1.54) is 95.0 Å². The molecule has 0 aliphatic rings. The van der Waals surface area contributed by atoms with Gasteiger partial charge >= 0.3 is 30.2 Å². The molecule has 6 aromatic carbocycles. The summed E-state index contributed by atoms with van der Waals surface area (Å²) in [5, 5.41) is 5.48. The van der Waals surface area contributed by atoms with Crippen molar-refractivity contribution in [1.82, 2.24) is 0 Å². The van der Waals surface area contributed by atoms with Crippen molar-refractivity contribution in [3.8, 4) is 22.3 Å². The molecule has 0 aliphatic heterocycles. The van der Waals surface area contributed by atoms with Crippen LogP contribution in [0.5, 0.6) is 0 Å². The molecule has 0 saturated carbocycles. The average molecular weight is 672 g/mol. The zero-order valence-electron chi connectivity index (χ0n) is 28.4. The third kappa shape index (κ3) is 8.26. The third-order valence-corrected chi connectivity index (χ3v) is 8.19. The van der Waals surface area contributed by atoms with E-state index in [0.29, 0.717) is 5.92 Å². The molecule has 2 heteroatoms. The summed E-state index contributed by atoms with van der Waals surface area (Å²) in [6.45, 7) is 20.9. The van der Waals surface area contributed by atoms with Crippen LogP contribution < -0.4 is 0 Å². The Morgan fingerprint density at radius 1 is 0.636 bits per heavy atom. The Hall–Kier alpha value is -2.80. The van der Waals surface area contributed by atoms with Gasteiger partial charge in [0, 0.05) is 0 Å². The monoisotopic (exact) mass is 670 g/mol. The molecule has 0 aromatic heterocycles. The van der Waals surface area contributed by atoms with Crippen LogP contribution in [-0.2, 0) is 28.8 Å². The van der Waals surface area contributed by atoms with Crippen molar-refractivity contribution in [3.05, 3.63) is 146 Å². The molecule has 2 radical (unpaired) electrons. The summed E-state index contributed by atoms with van der Waals surface area (Å²) >= 11 is 1.36. The van der Waals surface area contributed by atoms with E-state index in [-0.39, 0.29) is 20.3 Å². The van der Waals surface area contributed by atoms with Crippen LogP contribution >= 0.6 is 0 Å². The van der Waals surface area contributed by atoms with Crippen molar-refractivity contribution in [2.45, 2.75) is 66.7 Å². The van der Waals surface area contributed by atoms with E-state index in [2.05, 4.69) is 165 Å². The van der Waals surface area contributed by atoms with E-state index in [4.69, 9.17) is 0 Å². The third-order valence-electron chi connectivity index (χ3n) is 8.19. The van der Waals surface area contributed by atoms with E-state index < -0.39 is 0 Å². The fourth-order valence-electron chi connectivity index (χ4n) is 5.69. The second kappa shape index (κ2) is 16.0. The van der Waals surface area contributed by atoms with Gasteiger partial charge < -0.3 is 14.9 Å². The van der Waals surface area contributed by atoms with Crippen LogP contribution in [0.4, 0.5) is 0 Å². The van der Waals surface area contributed by atoms with Crippen molar-refractivity contribution in [3.63, 3.8) is 0 Å². The second-order valence-electron chi connectivity index (χ2n) is 12.7. The van der Waals surface area contributed by atoms with Crippen LogP contribution in [0.1, 0.15) is 68.4 Å². The SMILES string of the molecule is Cc1cc2c(-c3ccc(C(C)(C)C)cc3)ccc(C)c2[cH-]1.Cc1ccccc1-c1cccc2[cH-]c(C(C)C)cc12.[CH3-].[CH3-].[Si]=[Zr]. The van der Waals surface area contributed by atoms with Gasteiger partial charge in [-0.25, -0.2) is 0 Å². The number of aryl methyl sites for hydroxylation is 3. The van der Waals surface area contributed by atoms with E-state index in [0.717, 1.165) is 0 Å². The zero-order chi connectivity index (χ0) is 30.6. The van der Waals surface area contributed by atoms with Gasteiger partial charge in [0.05, 0.1) is 0 Å². The number of rotatable bonds is 3. The molecule has 0 heterocycles. The Morgan fingerprint density at radius 3 is 1.89 bits per heavy atom. The molecule has 0 nitrogen and oxygen atoms in total. The van der Waals surface area contributed by atoms with Gasteiger partial charge in [0.2, 0.25) is 0 Å². The van der Waals surface area contributed by atoms with Crippen molar-refractivity contribution in [2.24, 2.45) is 0 Å². The Bertz CT molecular complexity index is 1790. The molecule has 0 spiro atoms. The number of benzene rings is 4. The van der Waals surface area contributed by atoms with Crippen molar-refractivity contribution < 1.29 is 23.3 Å². The Labute approximate surface area is 284 Å². The van der Waals surface area contributed by atoms with E-state index in [9.17, 15) is 0 Å². The summed E-state index contributed by atoms with van der Waals surface area (Å²) in [6.07, 6.45) is 0. The molecule has 0 atom stereocenters. The van der Waals surface area contributed by atoms with Gasteiger partial charge in [-0.05, 0) is 40.5 Å². The number of fused-ring (bicyclic) bond motifs is 2. The second-order valence-corrected chi connectivity index (χ2v) is 12.7. The molecule has 0 amide bonds. The van der Waals surface area contributed by atoms with Gasteiger partial charge in [0.1, 0.15) is 0 Å². The molecule has 0 bridgehead atoms. The van der Waals surface area contributed by atoms with E-state index >= 15 is 0 Å². The Balaban J connectivity index is 0.000000280. The molecule has 0 unspecified atom stereocenters. The Morgan fingerprint density at radius 2 is 1.27 bits per heavy atom. The average Bonchev–Trinajstić information content (AvgIpc) is 3.59. The first-order valence-electron chi connectivity index (χ1n) is 14.8. The molecule has 0 N–H and O–H groups in total. The van der Waals surface area contributed by atoms with Crippen molar-refractivity contribution in [2.75, 3.05) is 0 Å². The molecular weight excluding hydrogens is 624 g/mol. The maximum atomic E-state index is 3.06. The number of hydrogen-bond acceptors (Lipinski definition) is 0. The molecule has 0 fully saturated rings. The Kier molecular flexibility index (Phi) is 13.6. The summed E-state index contributed by atoms with van der Waals surface area (Å²) in [5.74, 6) is 0.581. The standard InChI is InChI=1S/C21H23.C19H19.2CH3.Si.Zr/c1-14-12-19-15(2)6-11-18(20(19)13-14)16-7-9-17(10-8-16)21(3,4)5;1-13(2)16-11-15-8-6-10-18(19(15)12-16)17-9-5-4-7-14(17)3;;;;/h6-13H,1-5H3;4-13H,1-3H3;2*1H3;;/q4*-1;;. The normalized spacial score (nSPS) is 10.7. The maximum absolute atomic E-state index is 3.06. The first-order valence-corrected chi connectivity index (χ1v) is 19.0. The molecule has 6 aromatic rings. The van der Waals surface area contributed by atoms with Crippen LogP contribution in [0.2, 0.25) is 0 Å². The first-order chi connectivity index (χ1) is 20.0. The predicted molar refractivity (Wildman–Crippen MR) is 196 cm³/mol. The van der Waals surface area contributed by atoms with Gasteiger partial charge in [-0.2, -0.15) is 12.1 Å². The quantitative estimate of drug-likeness (QED) is 0.130. The minimum absolute atomic E-state index is 0. The first kappa shape index (κ1) is 37.4. The zero-order valence-corrected chi connectivity index (χ0v) is 31.9. The van der Waals surface area contributed by atoms with Crippen LogP contribution in [0.15, 0.2) is 103 Å². The van der Waals surface area contributed by atoms with Gasteiger partial charge in [0.25, 0.3) is 0 Å². The molecule has 0 aliphatic carbocycles. The van der Waals surface area contributed by atoms with Gasteiger partial charge in [0.15, 0.2) is 0 Å². The fourth-order valence-corrected chi connectivity index (χ4v) is 5.69. The van der Waals surface area contributed by atoms with Crippen molar-refractivity contribution >= 4 is 28.4 Å². The minimum atomic E-state index is 0. The van der Waals surface area contributed by atoms with Crippen LogP contribution in [0, 0.1) is 35.6 Å². The van der Waals surface area contributed by atoms with Gasteiger partial charge in [-0.3, -0.25) is 0 Å². The van der Waals surface area contributed by atoms with Gasteiger partial charge in [-0.15, -0.1) is 68.6 Å². The summed E-state index contributed by atoms with van der Waals surface area (Å²) in [7, 11) is 0. The van der Waals surface area contributed by atoms with Crippen LogP contribution in [0.3, 0.4) is 0 Å². The predicted octanol–water partition coefficient (Wildman–Crippen LogP) is 12.3. The van der Waals surface area contributed by atoms with E-state index in [1.807, 2.05) is 0 Å². The number of hydrogen-bond donors (Lipinski definition) is 0. The molecule has 0 saturated heterocycles. The molecule has 6 rings (SSSR count). The molecular formula is C42H48SiZr-4. The molecule has 44 heavy (non-hydrogen) atoms. The van der Waals surface area contributed by atoms with Crippen molar-refractivity contribution in [1.29, 1.82) is 0 Å².